The van der Waals surface area contributed by atoms with Crippen molar-refractivity contribution < 1.29 is 18.3 Å². The van der Waals surface area contributed by atoms with E-state index >= 15 is 0 Å². The van der Waals surface area contributed by atoms with Gasteiger partial charge in [0.25, 0.3) is 11.8 Å². The molecule has 1 N–H and O–H groups in total. The second kappa shape index (κ2) is 9.15. The largest absolute Gasteiger partial charge is 0.457 e. The molecule has 2 aromatic carbocycles. The number of carbonyl (C=O) groups is 1. The molecule has 27 heavy (non-hydrogen) atoms. The standard InChI is InChI=1S/C20H22F2N2O2.ClH/c1-20(21,22)14-24(15-11-12-23-13-15)19(25)17-9-5-6-10-18(17)26-16-7-3-2-4-8-16;/h2-10,15,23H,11-14H2,1H3;1H/t15-;/m0./s1. The number of carbonyl (C=O) groups excluding carboxylic acids is 1. The van der Waals surface area contributed by atoms with E-state index in [1.54, 1.807) is 36.4 Å². The molecule has 0 aliphatic carbocycles. The maximum atomic E-state index is 13.7. The van der Waals surface area contributed by atoms with E-state index in [0.29, 0.717) is 31.0 Å². The highest BCUT2D eigenvalue weighted by atomic mass is 35.5. The summed E-state index contributed by atoms with van der Waals surface area (Å²) in [6.07, 6.45) is 0.656. The maximum absolute atomic E-state index is 13.7. The molecule has 3 rings (SSSR count). The summed E-state index contributed by atoms with van der Waals surface area (Å²) >= 11 is 0. The van der Waals surface area contributed by atoms with Gasteiger partial charge in [0.2, 0.25) is 0 Å². The minimum Gasteiger partial charge on any atom is -0.457 e. The van der Waals surface area contributed by atoms with Crippen LogP contribution in [0.5, 0.6) is 11.5 Å². The second-order valence-electron chi connectivity index (χ2n) is 6.56. The molecular weight excluding hydrogens is 374 g/mol. The molecule has 1 saturated heterocycles. The van der Waals surface area contributed by atoms with E-state index in [1.165, 1.54) is 4.90 Å². The van der Waals surface area contributed by atoms with Crippen LogP contribution in [0.25, 0.3) is 0 Å². The van der Waals surface area contributed by atoms with Gasteiger partial charge in [0.1, 0.15) is 11.5 Å². The van der Waals surface area contributed by atoms with E-state index < -0.39 is 18.4 Å². The molecule has 4 nitrogen and oxygen atoms in total. The van der Waals surface area contributed by atoms with Crippen molar-refractivity contribution in [2.45, 2.75) is 25.3 Å². The van der Waals surface area contributed by atoms with Gasteiger partial charge in [-0.2, -0.15) is 0 Å². The van der Waals surface area contributed by atoms with Crippen molar-refractivity contribution in [1.82, 2.24) is 10.2 Å². The molecule has 0 unspecified atom stereocenters. The zero-order valence-corrected chi connectivity index (χ0v) is 15.8. The topological polar surface area (TPSA) is 41.6 Å². The third kappa shape index (κ3) is 5.65. The summed E-state index contributed by atoms with van der Waals surface area (Å²) in [5.41, 5.74) is 0.285. The number of nitrogens with zero attached hydrogens (tertiary/aromatic N) is 1. The van der Waals surface area contributed by atoms with E-state index in [2.05, 4.69) is 5.32 Å². The lowest BCUT2D eigenvalue weighted by molar-refractivity contribution is -0.0187. The molecule has 1 heterocycles. The number of hydrogen-bond donors (Lipinski definition) is 1. The summed E-state index contributed by atoms with van der Waals surface area (Å²) in [6.45, 7) is 1.45. The van der Waals surface area contributed by atoms with Gasteiger partial charge in [0.05, 0.1) is 12.1 Å². The average Bonchev–Trinajstić information content (AvgIpc) is 3.14. The molecule has 1 amide bonds. The fraction of sp³-hybridized carbons (Fsp3) is 0.350. The van der Waals surface area contributed by atoms with E-state index in [1.807, 2.05) is 18.2 Å². The summed E-state index contributed by atoms with van der Waals surface area (Å²) in [4.78, 5) is 14.4. The highest BCUT2D eigenvalue weighted by Gasteiger charge is 2.35. The van der Waals surface area contributed by atoms with Crippen molar-refractivity contribution in [1.29, 1.82) is 0 Å². The highest BCUT2D eigenvalue weighted by Crippen LogP contribution is 2.28. The number of rotatable bonds is 6. The Morgan fingerprint density at radius 3 is 2.48 bits per heavy atom. The van der Waals surface area contributed by atoms with Crippen molar-refractivity contribution in [3.05, 3.63) is 60.2 Å². The van der Waals surface area contributed by atoms with Crippen LogP contribution in [0, 0.1) is 0 Å². The predicted molar refractivity (Wildman–Crippen MR) is 103 cm³/mol. The van der Waals surface area contributed by atoms with Crippen LogP contribution >= 0.6 is 12.4 Å². The first kappa shape index (κ1) is 21.1. The van der Waals surface area contributed by atoms with Crippen LogP contribution in [0.3, 0.4) is 0 Å². The van der Waals surface area contributed by atoms with E-state index in [0.717, 1.165) is 6.92 Å². The van der Waals surface area contributed by atoms with Crippen molar-refractivity contribution in [3.8, 4) is 11.5 Å². The van der Waals surface area contributed by atoms with Gasteiger partial charge < -0.3 is 15.0 Å². The Morgan fingerprint density at radius 2 is 1.85 bits per heavy atom. The highest BCUT2D eigenvalue weighted by molar-refractivity contribution is 5.97. The van der Waals surface area contributed by atoms with Gasteiger partial charge in [-0.05, 0) is 37.2 Å². The Labute approximate surface area is 163 Å². The SMILES string of the molecule is CC(F)(F)CN(C(=O)c1ccccc1Oc1ccccc1)[C@H]1CCNC1.Cl. The summed E-state index contributed by atoms with van der Waals surface area (Å²) in [7, 11) is 0. The summed E-state index contributed by atoms with van der Waals surface area (Å²) in [5.74, 6) is -2.46. The normalized spacial score (nSPS) is 16.5. The van der Waals surface area contributed by atoms with Crippen LogP contribution in [0.15, 0.2) is 54.6 Å². The van der Waals surface area contributed by atoms with E-state index in [9.17, 15) is 13.6 Å². The van der Waals surface area contributed by atoms with Crippen LogP contribution in [0.1, 0.15) is 23.7 Å². The quantitative estimate of drug-likeness (QED) is 0.788. The Bertz CT molecular complexity index is 747. The summed E-state index contributed by atoms with van der Waals surface area (Å²) in [5, 5.41) is 3.13. The first-order chi connectivity index (χ1) is 12.4. The molecule has 7 heteroatoms. The van der Waals surface area contributed by atoms with Crippen molar-refractivity contribution in [2.24, 2.45) is 0 Å². The van der Waals surface area contributed by atoms with E-state index in [4.69, 9.17) is 4.74 Å². The van der Waals surface area contributed by atoms with Crippen molar-refractivity contribution >= 4 is 18.3 Å². The minimum atomic E-state index is -2.96. The molecule has 0 saturated carbocycles. The molecule has 2 aromatic rings. The third-order valence-electron chi connectivity index (χ3n) is 4.27. The Hall–Kier alpha value is -2.18. The number of halogens is 3. The van der Waals surface area contributed by atoms with Crippen molar-refractivity contribution in [3.63, 3.8) is 0 Å². The first-order valence-corrected chi connectivity index (χ1v) is 8.65. The molecule has 0 aromatic heterocycles. The first-order valence-electron chi connectivity index (χ1n) is 8.65. The Morgan fingerprint density at radius 1 is 1.19 bits per heavy atom. The van der Waals surface area contributed by atoms with Gasteiger partial charge in [-0.25, -0.2) is 8.78 Å². The lowest BCUT2D eigenvalue weighted by atomic mass is 10.1. The number of benzene rings is 2. The van der Waals surface area contributed by atoms with Crippen LogP contribution in [0.4, 0.5) is 8.78 Å². The molecule has 0 bridgehead atoms. The molecule has 1 fully saturated rings. The fourth-order valence-corrected chi connectivity index (χ4v) is 3.07. The van der Waals surface area contributed by atoms with Gasteiger partial charge in [-0.15, -0.1) is 12.4 Å². The fourth-order valence-electron chi connectivity index (χ4n) is 3.07. The monoisotopic (exact) mass is 396 g/mol. The molecule has 0 radical (unpaired) electrons. The lowest BCUT2D eigenvalue weighted by Crippen LogP contribution is -2.47. The number of hydrogen-bond acceptors (Lipinski definition) is 3. The van der Waals surface area contributed by atoms with Crippen LogP contribution in [-0.4, -0.2) is 42.4 Å². The summed E-state index contributed by atoms with van der Waals surface area (Å²) in [6, 6.07) is 15.6. The number of alkyl halides is 2. The third-order valence-corrected chi connectivity index (χ3v) is 4.27. The Balaban J connectivity index is 0.00000261. The van der Waals surface area contributed by atoms with Crippen molar-refractivity contribution in [2.75, 3.05) is 19.6 Å². The molecule has 146 valence electrons. The molecule has 1 aliphatic rings. The Kier molecular flexibility index (Phi) is 7.16. The van der Waals surface area contributed by atoms with Crippen LogP contribution in [-0.2, 0) is 0 Å². The number of ether oxygens (including phenoxy) is 1. The van der Waals surface area contributed by atoms with Gasteiger partial charge >= 0.3 is 0 Å². The second-order valence-corrected chi connectivity index (χ2v) is 6.56. The van der Waals surface area contributed by atoms with Gasteiger partial charge in [-0.3, -0.25) is 4.79 Å². The average molecular weight is 397 g/mol. The van der Waals surface area contributed by atoms with Crippen LogP contribution in [0.2, 0.25) is 0 Å². The smallest absolute Gasteiger partial charge is 0.262 e. The molecule has 1 atom stereocenters. The number of nitrogens with one attached hydrogen (secondary N) is 1. The zero-order chi connectivity index (χ0) is 18.6. The number of amides is 1. The molecule has 0 spiro atoms. The zero-order valence-electron chi connectivity index (χ0n) is 15.0. The lowest BCUT2D eigenvalue weighted by Gasteiger charge is -2.31. The maximum Gasteiger partial charge on any atom is 0.262 e. The molecule has 1 aliphatic heterocycles. The predicted octanol–water partition coefficient (Wildman–Crippen LogP) is 4.36. The molecular formula is C20H23ClF2N2O2. The number of para-hydroxylation sites is 2. The van der Waals surface area contributed by atoms with Gasteiger partial charge in [0, 0.05) is 19.5 Å². The summed E-state index contributed by atoms with van der Waals surface area (Å²) < 4.78 is 33.2. The van der Waals surface area contributed by atoms with Gasteiger partial charge in [-0.1, -0.05) is 30.3 Å². The minimum absolute atomic E-state index is 0. The van der Waals surface area contributed by atoms with E-state index in [-0.39, 0.29) is 24.0 Å². The van der Waals surface area contributed by atoms with Crippen LogP contribution < -0.4 is 10.1 Å². The van der Waals surface area contributed by atoms with Gasteiger partial charge in [0.15, 0.2) is 0 Å².